The molecule has 6 nitrogen and oxygen atoms in total. The number of benzene rings is 1. The van der Waals surface area contributed by atoms with Gasteiger partial charge < -0.3 is 16.4 Å². The number of rotatable bonds is 5. The summed E-state index contributed by atoms with van der Waals surface area (Å²) in [4.78, 5) is 12.8. The maximum Gasteiger partial charge on any atom is 0.160 e. The van der Waals surface area contributed by atoms with Crippen molar-refractivity contribution in [2.75, 3.05) is 16.4 Å². The Labute approximate surface area is 141 Å². The number of hydrogen-bond donors (Lipinski definition) is 3. The molecule has 0 amide bonds. The molecule has 2 heterocycles. The first-order chi connectivity index (χ1) is 11.7. The van der Waals surface area contributed by atoms with Gasteiger partial charge >= 0.3 is 0 Å². The van der Waals surface area contributed by atoms with Crippen molar-refractivity contribution in [3.8, 4) is 0 Å². The zero-order chi connectivity index (χ0) is 16.9. The van der Waals surface area contributed by atoms with Crippen molar-refractivity contribution in [1.29, 1.82) is 0 Å². The van der Waals surface area contributed by atoms with Gasteiger partial charge in [0.25, 0.3) is 0 Å². The zero-order valence-corrected chi connectivity index (χ0v) is 13.7. The number of nitrogens with zero attached hydrogens (tertiary/aromatic N) is 3. The van der Waals surface area contributed by atoms with Crippen molar-refractivity contribution < 1.29 is 0 Å². The van der Waals surface area contributed by atoms with E-state index >= 15 is 0 Å². The van der Waals surface area contributed by atoms with Gasteiger partial charge in [0, 0.05) is 11.4 Å². The lowest BCUT2D eigenvalue weighted by atomic mass is 10.1. The average Bonchev–Trinajstić information content (AvgIpc) is 2.59. The summed E-state index contributed by atoms with van der Waals surface area (Å²) in [5.74, 6) is 1.78. The van der Waals surface area contributed by atoms with E-state index < -0.39 is 0 Å². The van der Waals surface area contributed by atoms with Crippen molar-refractivity contribution in [1.82, 2.24) is 15.0 Å². The van der Waals surface area contributed by atoms with Crippen molar-refractivity contribution in [3.63, 3.8) is 0 Å². The molecule has 0 fully saturated rings. The molecule has 3 rings (SSSR count). The number of anilines is 5. The molecule has 0 aliphatic rings. The van der Waals surface area contributed by atoms with Gasteiger partial charge in [-0.25, -0.2) is 15.0 Å². The van der Waals surface area contributed by atoms with Crippen LogP contribution in [-0.4, -0.2) is 15.0 Å². The highest BCUT2D eigenvalue weighted by Crippen LogP contribution is 2.27. The molecule has 0 saturated carbocycles. The second-order valence-electron chi connectivity index (χ2n) is 5.45. The van der Waals surface area contributed by atoms with Gasteiger partial charge in [0.1, 0.15) is 17.8 Å². The van der Waals surface area contributed by atoms with Gasteiger partial charge in [-0.15, -0.1) is 0 Å². The van der Waals surface area contributed by atoms with Crippen LogP contribution >= 0.6 is 0 Å². The summed E-state index contributed by atoms with van der Waals surface area (Å²) in [7, 11) is 0. The minimum absolute atomic E-state index is 0.445. The molecule has 0 unspecified atom stereocenters. The molecule has 0 radical (unpaired) electrons. The van der Waals surface area contributed by atoms with E-state index in [-0.39, 0.29) is 0 Å². The SMILES string of the molecule is CCc1ccc(Nc2ncnc(Nc3cccc(C)n3)c2N)cc1. The molecule has 122 valence electrons. The second-order valence-corrected chi connectivity index (χ2v) is 5.45. The van der Waals surface area contributed by atoms with Gasteiger partial charge in [0.05, 0.1) is 0 Å². The van der Waals surface area contributed by atoms with Crippen molar-refractivity contribution in [2.24, 2.45) is 0 Å². The quantitative estimate of drug-likeness (QED) is 0.662. The fourth-order valence-corrected chi connectivity index (χ4v) is 2.29. The van der Waals surface area contributed by atoms with Gasteiger partial charge in [-0.05, 0) is 43.2 Å². The second kappa shape index (κ2) is 6.95. The van der Waals surface area contributed by atoms with Crippen LogP contribution in [-0.2, 0) is 6.42 Å². The highest BCUT2D eigenvalue weighted by Gasteiger charge is 2.09. The third kappa shape index (κ3) is 3.60. The minimum Gasteiger partial charge on any atom is -0.393 e. The molecule has 24 heavy (non-hydrogen) atoms. The Bertz CT molecular complexity index is 829. The molecule has 1 aromatic carbocycles. The first-order valence-electron chi connectivity index (χ1n) is 7.83. The number of aryl methyl sites for hydroxylation is 2. The van der Waals surface area contributed by atoms with Crippen LogP contribution in [0.15, 0.2) is 48.8 Å². The Morgan fingerprint density at radius 2 is 1.67 bits per heavy atom. The topological polar surface area (TPSA) is 88.8 Å². The standard InChI is InChI=1S/C18H20N6/c1-3-13-7-9-14(10-8-13)23-17-16(19)18(21-11-20-17)24-15-6-4-5-12(2)22-15/h4-11H,3,19H2,1-2H3,(H2,20,21,22,23,24). The highest BCUT2D eigenvalue weighted by molar-refractivity contribution is 5.79. The smallest absolute Gasteiger partial charge is 0.160 e. The number of aromatic nitrogens is 3. The number of nitrogen functional groups attached to an aromatic ring is 1. The van der Waals surface area contributed by atoms with Crippen LogP contribution in [0.2, 0.25) is 0 Å². The maximum absolute atomic E-state index is 6.20. The van der Waals surface area contributed by atoms with Gasteiger partial charge in [-0.2, -0.15) is 0 Å². The zero-order valence-electron chi connectivity index (χ0n) is 13.7. The molecular weight excluding hydrogens is 300 g/mol. The van der Waals surface area contributed by atoms with E-state index in [4.69, 9.17) is 5.73 Å². The van der Waals surface area contributed by atoms with E-state index in [2.05, 4.69) is 44.6 Å². The van der Waals surface area contributed by atoms with Crippen molar-refractivity contribution in [2.45, 2.75) is 20.3 Å². The van der Waals surface area contributed by atoms with E-state index in [0.29, 0.717) is 23.1 Å². The summed E-state index contributed by atoms with van der Waals surface area (Å²) in [5, 5.41) is 6.35. The largest absolute Gasteiger partial charge is 0.393 e. The number of nitrogens with one attached hydrogen (secondary N) is 2. The molecule has 2 aromatic heterocycles. The summed E-state index contributed by atoms with van der Waals surface area (Å²) in [6, 6.07) is 13.9. The number of nitrogens with two attached hydrogens (primary N) is 1. The fraction of sp³-hybridized carbons (Fsp3) is 0.167. The molecule has 0 saturated heterocycles. The molecule has 0 spiro atoms. The number of pyridine rings is 1. The molecular formula is C18H20N6. The monoisotopic (exact) mass is 320 g/mol. The summed E-state index contributed by atoms with van der Waals surface area (Å²) in [5.41, 5.74) is 9.77. The van der Waals surface area contributed by atoms with Crippen LogP contribution in [0.25, 0.3) is 0 Å². The predicted octanol–water partition coefficient (Wildman–Crippen LogP) is 3.81. The van der Waals surface area contributed by atoms with Gasteiger partial charge in [-0.3, -0.25) is 0 Å². The lowest BCUT2D eigenvalue weighted by molar-refractivity contribution is 1.14. The van der Waals surface area contributed by atoms with Gasteiger partial charge in [-0.1, -0.05) is 25.1 Å². The molecule has 3 aromatic rings. The Morgan fingerprint density at radius 1 is 0.958 bits per heavy atom. The summed E-state index contributed by atoms with van der Waals surface area (Å²) in [6.45, 7) is 4.06. The molecule has 0 aliphatic carbocycles. The lowest BCUT2D eigenvalue weighted by Gasteiger charge is -2.12. The summed E-state index contributed by atoms with van der Waals surface area (Å²) < 4.78 is 0. The third-order valence-corrected chi connectivity index (χ3v) is 3.64. The molecule has 0 atom stereocenters. The van der Waals surface area contributed by atoms with Crippen LogP contribution in [0.1, 0.15) is 18.2 Å². The minimum atomic E-state index is 0.445. The van der Waals surface area contributed by atoms with E-state index in [0.717, 1.165) is 17.8 Å². The molecule has 4 N–H and O–H groups in total. The van der Waals surface area contributed by atoms with Crippen LogP contribution in [0.4, 0.5) is 28.8 Å². The van der Waals surface area contributed by atoms with Gasteiger partial charge in [0.2, 0.25) is 0 Å². The summed E-state index contributed by atoms with van der Waals surface area (Å²) in [6.07, 6.45) is 2.48. The van der Waals surface area contributed by atoms with Crippen LogP contribution < -0.4 is 16.4 Å². The van der Waals surface area contributed by atoms with Gasteiger partial charge in [0.15, 0.2) is 11.6 Å². The van der Waals surface area contributed by atoms with E-state index in [1.54, 1.807) is 0 Å². The van der Waals surface area contributed by atoms with Crippen LogP contribution in [0.5, 0.6) is 0 Å². The van der Waals surface area contributed by atoms with Crippen LogP contribution in [0, 0.1) is 6.92 Å². The van der Waals surface area contributed by atoms with Crippen LogP contribution in [0.3, 0.4) is 0 Å². The van der Waals surface area contributed by atoms with E-state index in [1.807, 2.05) is 37.3 Å². The normalized spacial score (nSPS) is 10.4. The first kappa shape index (κ1) is 15.7. The molecule has 0 bridgehead atoms. The third-order valence-electron chi connectivity index (χ3n) is 3.64. The average molecular weight is 320 g/mol. The van der Waals surface area contributed by atoms with E-state index in [9.17, 15) is 0 Å². The molecule has 0 aliphatic heterocycles. The highest BCUT2D eigenvalue weighted by atomic mass is 15.1. The Morgan fingerprint density at radius 3 is 2.33 bits per heavy atom. The van der Waals surface area contributed by atoms with Crippen molar-refractivity contribution >= 4 is 28.8 Å². The Hall–Kier alpha value is -3.15. The first-order valence-corrected chi connectivity index (χ1v) is 7.83. The predicted molar refractivity (Wildman–Crippen MR) is 97.8 cm³/mol. The van der Waals surface area contributed by atoms with Crippen molar-refractivity contribution in [3.05, 3.63) is 60.0 Å². The van der Waals surface area contributed by atoms with E-state index in [1.165, 1.54) is 11.9 Å². The lowest BCUT2D eigenvalue weighted by Crippen LogP contribution is -2.06. The Kier molecular flexibility index (Phi) is 4.56. The summed E-state index contributed by atoms with van der Waals surface area (Å²) >= 11 is 0. The Balaban J connectivity index is 1.82. The maximum atomic E-state index is 6.20. The molecule has 6 heteroatoms. The number of hydrogen-bond acceptors (Lipinski definition) is 6. The fourth-order valence-electron chi connectivity index (χ4n) is 2.29.